The van der Waals surface area contributed by atoms with Crippen LogP contribution in [0.3, 0.4) is 0 Å². The van der Waals surface area contributed by atoms with Crippen molar-refractivity contribution in [3.05, 3.63) is 29.8 Å². The van der Waals surface area contributed by atoms with E-state index in [0.29, 0.717) is 12.1 Å². The van der Waals surface area contributed by atoms with E-state index < -0.39 is 0 Å². The number of hydrogen-bond donors (Lipinski definition) is 1. The van der Waals surface area contributed by atoms with Crippen LogP contribution >= 0.6 is 0 Å². The molecule has 1 N–H and O–H groups in total. The highest BCUT2D eigenvalue weighted by Crippen LogP contribution is 2.20. The molecule has 2 unspecified atom stereocenters. The van der Waals surface area contributed by atoms with E-state index in [9.17, 15) is 0 Å². The molecular weight excluding hydrogens is 208 g/mol. The van der Waals surface area contributed by atoms with Crippen molar-refractivity contribution in [2.75, 3.05) is 18.5 Å². The Hall–Kier alpha value is -1.02. The molecule has 0 spiro atoms. The molecule has 2 heteroatoms. The molecule has 2 atom stereocenters. The van der Waals surface area contributed by atoms with Crippen LogP contribution in [0.25, 0.3) is 0 Å². The molecule has 0 heterocycles. The average Bonchev–Trinajstić information content (AvgIpc) is 2.37. The largest absolute Gasteiger partial charge is 0.372 e. The van der Waals surface area contributed by atoms with E-state index in [4.69, 9.17) is 0 Å². The van der Waals surface area contributed by atoms with Crippen LogP contribution in [-0.4, -0.2) is 19.6 Å². The first-order valence-electron chi connectivity index (χ1n) is 6.66. The third kappa shape index (κ3) is 3.74. The van der Waals surface area contributed by atoms with Crippen LogP contribution in [0.2, 0.25) is 0 Å². The van der Waals surface area contributed by atoms with Crippen molar-refractivity contribution in [1.29, 1.82) is 0 Å². The summed E-state index contributed by atoms with van der Waals surface area (Å²) >= 11 is 0. The van der Waals surface area contributed by atoms with Gasteiger partial charge in [-0.05, 0) is 44.5 Å². The molecule has 96 valence electrons. The SMILES string of the molecule is CCNC(C)c1ccc(N(C)C(C)CC)cc1. The topological polar surface area (TPSA) is 15.3 Å². The Bertz CT molecular complexity index is 318. The van der Waals surface area contributed by atoms with Gasteiger partial charge < -0.3 is 10.2 Å². The van der Waals surface area contributed by atoms with Gasteiger partial charge in [-0.3, -0.25) is 0 Å². The molecule has 1 aromatic rings. The maximum Gasteiger partial charge on any atom is 0.0366 e. The molecule has 0 aliphatic heterocycles. The van der Waals surface area contributed by atoms with Crippen LogP contribution in [-0.2, 0) is 0 Å². The van der Waals surface area contributed by atoms with E-state index >= 15 is 0 Å². The van der Waals surface area contributed by atoms with Crippen LogP contribution in [0.15, 0.2) is 24.3 Å². The normalized spacial score (nSPS) is 14.4. The van der Waals surface area contributed by atoms with Crippen LogP contribution in [0.1, 0.15) is 45.7 Å². The van der Waals surface area contributed by atoms with Gasteiger partial charge in [0.2, 0.25) is 0 Å². The van der Waals surface area contributed by atoms with Crippen LogP contribution < -0.4 is 10.2 Å². The van der Waals surface area contributed by atoms with E-state index in [-0.39, 0.29) is 0 Å². The third-order valence-electron chi connectivity index (χ3n) is 3.56. The molecule has 17 heavy (non-hydrogen) atoms. The van der Waals surface area contributed by atoms with Gasteiger partial charge in [-0.2, -0.15) is 0 Å². The van der Waals surface area contributed by atoms with Crippen LogP contribution in [0.5, 0.6) is 0 Å². The highest BCUT2D eigenvalue weighted by Gasteiger charge is 2.08. The summed E-state index contributed by atoms with van der Waals surface area (Å²) in [7, 11) is 2.16. The summed E-state index contributed by atoms with van der Waals surface area (Å²) < 4.78 is 0. The Labute approximate surface area is 106 Å². The summed E-state index contributed by atoms with van der Waals surface area (Å²) in [4.78, 5) is 2.34. The summed E-state index contributed by atoms with van der Waals surface area (Å²) in [6.07, 6.45) is 1.17. The number of anilines is 1. The van der Waals surface area contributed by atoms with Crippen molar-refractivity contribution in [3.8, 4) is 0 Å². The number of rotatable bonds is 6. The fraction of sp³-hybridized carbons (Fsp3) is 0.600. The lowest BCUT2D eigenvalue weighted by molar-refractivity contribution is 0.598. The average molecular weight is 234 g/mol. The van der Waals surface area contributed by atoms with E-state index in [2.05, 4.69) is 69.2 Å². The standard InChI is InChI=1S/C15H26N2/c1-6-12(3)17(5)15-10-8-14(9-11-15)13(4)16-7-2/h8-13,16H,6-7H2,1-5H3. The molecule has 0 saturated carbocycles. The summed E-state index contributed by atoms with van der Waals surface area (Å²) in [5.74, 6) is 0. The molecule has 0 amide bonds. The van der Waals surface area contributed by atoms with Gasteiger partial charge in [-0.25, -0.2) is 0 Å². The Morgan fingerprint density at radius 1 is 1.12 bits per heavy atom. The number of nitrogens with one attached hydrogen (secondary N) is 1. The predicted octanol–water partition coefficient (Wildman–Crippen LogP) is 3.59. The van der Waals surface area contributed by atoms with E-state index in [1.807, 2.05) is 0 Å². The number of hydrogen-bond acceptors (Lipinski definition) is 2. The van der Waals surface area contributed by atoms with E-state index in [0.717, 1.165) is 6.54 Å². The second kappa shape index (κ2) is 6.65. The molecule has 1 aromatic carbocycles. The Kier molecular flexibility index (Phi) is 5.49. The maximum atomic E-state index is 3.43. The zero-order chi connectivity index (χ0) is 12.8. The first-order valence-corrected chi connectivity index (χ1v) is 6.66. The van der Waals surface area contributed by atoms with Gasteiger partial charge in [0, 0.05) is 24.8 Å². The van der Waals surface area contributed by atoms with Crippen LogP contribution in [0.4, 0.5) is 5.69 Å². The minimum atomic E-state index is 0.433. The molecule has 0 radical (unpaired) electrons. The summed E-state index contributed by atoms with van der Waals surface area (Å²) in [5, 5.41) is 3.43. The van der Waals surface area contributed by atoms with Gasteiger partial charge in [0.05, 0.1) is 0 Å². The predicted molar refractivity (Wildman–Crippen MR) is 76.7 cm³/mol. The summed E-state index contributed by atoms with van der Waals surface area (Å²) in [6.45, 7) is 9.84. The molecule has 0 bridgehead atoms. The monoisotopic (exact) mass is 234 g/mol. The van der Waals surface area contributed by atoms with Crippen molar-refractivity contribution < 1.29 is 0 Å². The fourth-order valence-electron chi connectivity index (χ4n) is 1.95. The van der Waals surface area contributed by atoms with Gasteiger partial charge in [0.25, 0.3) is 0 Å². The van der Waals surface area contributed by atoms with Crippen molar-refractivity contribution in [2.24, 2.45) is 0 Å². The van der Waals surface area contributed by atoms with E-state index in [1.165, 1.54) is 17.7 Å². The lowest BCUT2D eigenvalue weighted by atomic mass is 10.1. The third-order valence-corrected chi connectivity index (χ3v) is 3.56. The minimum Gasteiger partial charge on any atom is -0.372 e. The molecule has 0 saturated heterocycles. The lowest BCUT2D eigenvalue weighted by Crippen LogP contribution is -2.27. The van der Waals surface area contributed by atoms with E-state index in [1.54, 1.807) is 0 Å². The van der Waals surface area contributed by atoms with Crippen molar-refractivity contribution in [2.45, 2.75) is 46.2 Å². The van der Waals surface area contributed by atoms with Crippen molar-refractivity contribution in [3.63, 3.8) is 0 Å². The molecule has 2 nitrogen and oxygen atoms in total. The summed E-state index contributed by atoms with van der Waals surface area (Å²) in [6, 6.07) is 9.91. The second-order valence-electron chi connectivity index (χ2n) is 4.74. The minimum absolute atomic E-state index is 0.433. The number of benzene rings is 1. The van der Waals surface area contributed by atoms with Gasteiger partial charge in [0.15, 0.2) is 0 Å². The Morgan fingerprint density at radius 3 is 2.18 bits per heavy atom. The van der Waals surface area contributed by atoms with Gasteiger partial charge >= 0.3 is 0 Å². The molecule has 0 aliphatic carbocycles. The molecule has 1 rings (SSSR count). The molecule has 0 aliphatic rings. The highest BCUT2D eigenvalue weighted by atomic mass is 15.1. The Morgan fingerprint density at radius 2 is 1.71 bits per heavy atom. The van der Waals surface area contributed by atoms with Crippen molar-refractivity contribution >= 4 is 5.69 Å². The quantitative estimate of drug-likeness (QED) is 0.809. The second-order valence-corrected chi connectivity index (χ2v) is 4.74. The Balaban J connectivity index is 2.73. The summed E-state index contributed by atoms with van der Waals surface area (Å²) in [5.41, 5.74) is 2.65. The van der Waals surface area contributed by atoms with Gasteiger partial charge in [-0.1, -0.05) is 26.0 Å². The van der Waals surface area contributed by atoms with Crippen LogP contribution in [0, 0.1) is 0 Å². The lowest BCUT2D eigenvalue weighted by Gasteiger charge is -2.26. The van der Waals surface area contributed by atoms with Crippen molar-refractivity contribution in [1.82, 2.24) is 5.32 Å². The number of nitrogens with zero attached hydrogens (tertiary/aromatic N) is 1. The highest BCUT2D eigenvalue weighted by molar-refractivity contribution is 5.48. The smallest absolute Gasteiger partial charge is 0.0366 e. The zero-order valence-corrected chi connectivity index (χ0v) is 11.8. The molecular formula is C15H26N2. The first-order chi connectivity index (χ1) is 8.10. The fourth-order valence-corrected chi connectivity index (χ4v) is 1.95. The van der Waals surface area contributed by atoms with Gasteiger partial charge in [-0.15, -0.1) is 0 Å². The molecule has 0 aromatic heterocycles. The maximum absolute atomic E-state index is 3.43. The zero-order valence-electron chi connectivity index (χ0n) is 11.8. The first kappa shape index (κ1) is 14.0. The van der Waals surface area contributed by atoms with Gasteiger partial charge in [0.1, 0.15) is 0 Å². The molecule has 0 fully saturated rings.